The second-order valence-corrected chi connectivity index (χ2v) is 9.50. The Kier molecular flexibility index (Phi) is 11.4. The molecule has 1 aromatic carbocycles. The van der Waals surface area contributed by atoms with Crippen molar-refractivity contribution in [3.8, 4) is 0 Å². The molecule has 0 aliphatic rings. The molecular formula is C29H43NO3. The number of carboxylic acids is 1. The summed E-state index contributed by atoms with van der Waals surface area (Å²) in [7, 11) is 0. The maximum atomic E-state index is 13.2. The summed E-state index contributed by atoms with van der Waals surface area (Å²) in [5, 5.41) is 9.23. The minimum atomic E-state index is -0.808. The molecule has 4 heteroatoms. The molecule has 4 nitrogen and oxygen atoms in total. The maximum Gasteiger partial charge on any atom is 0.303 e. The molecule has 0 bridgehead atoms. The number of unbranched alkanes of at least 4 members (excludes halogenated alkanes) is 8. The van der Waals surface area contributed by atoms with E-state index in [1.807, 2.05) is 13.8 Å². The standard InChI is InChI=1S/C29H43NO3/c1-5-6-7-8-9-10-11-12-13-14-27(31)29-23(3)26(19-20-28(32)33)30(24(29)4)21-25-17-15-22(2)16-18-25/h15-18H,5-14,19-21H2,1-4H3,(H,32,33). The molecule has 0 saturated carbocycles. The van der Waals surface area contributed by atoms with Crippen LogP contribution in [0.5, 0.6) is 0 Å². The summed E-state index contributed by atoms with van der Waals surface area (Å²) in [5.41, 5.74) is 6.08. The Bertz CT molecular complexity index is 893. The summed E-state index contributed by atoms with van der Waals surface area (Å²) >= 11 is 0. The first kappa shape index (κ1) is 26.9. The van der Waals surface area contributed by atoms with Gasteiger partial charge in [-0.05, 0) is 44.7 Å². The first-order chi connectivity index (χ1) is 15.8. The van der Waals surface area contributed by atoms with Crippen LogP contribution in [0.4, 0.5) is 0 Å². The van der Waals surface area contributed by atoms with Crippen molar-refractivity contribution in [1.82, 2.24) is 4.57 Å². The van der Waals surface area contributed by atoms with Gasteiger partial charge in [0.1, 0.15) is 0 Å². The summed E-state index contributed by atoms with van der Waals surface area (Å²) in [6, 6.07) is 8.39. The van der Waals surface area contributed by atoms with Gasteiger partial charge in [-0.15, -0.1) is 0 Å². The Labute approximate surface area is 200 Å². The van der Waals surface area contributed by atoms with Crippen LogP contribution in [0.15, 0.2) is 24.3 Å². The van der Waals surface area contributed by atoms with Crippen molar-refractivity contribution in [2.45, 2.75) is 111 Å². The lowest BCUT2D eigenvalue weighted by molar-refractivity contribution is -0.137. The number of carboxylic acid groups (broad SMARTS) is 1. The van der Waals surface area contributed by atoms with Crippen LogP contribution in [0.2, 0.25) is 0 Å². The Morgan fingerprint density at radius 2 is 1.39 bits per heavy atom. The van der Waals surface area contributed by atoms with Crippen molar-refractivity contribution in [1.29, 1.82) is 0 Å². The molecule has 0 aliphatic heterocycles. The van der Waals surface area contributed by atoms with Gasteiger partial charge in [0.2, 0.25) is 0 Å². The van der Waals surface area contributed by atoms with Gasteiger partial charge in [0, 0.05) is 29.9 Å². The van der Waals surface area contributed by atoms with Gasteiger partial charge < -0.3 is 9.67 Å². The number of aromatic nitrogens is 1. The number of aryl methyl sites for hydroxylation is 1. The molecule has 1 heterocycles. The second-order valence-electron chi connectivity index (χ2n) is 9.50. The molecule has 33 heavy (non-hydrogen) atoms. The van der Waals surface area contributed by atoms with Gasteiger partial charge >= 0.3 is 5.97 Å². The van der Waals surface area contributed by atoms with Gasteiger partial charge in [-0.25, -0.2) is 0 Å². The molecule has 0 aliphatic carbocycles. The highest BCUT2D eigenvalue weighted by Gasteiger charge is 2.22. The van der Waals surface area contributed by atoms with Gasteiger partial charge in [-0.3, -0.25) is 9.59 Å². The molecule has 0 amide bonds. The van der Waals surface area contributed by atoms with Crippen LogP contribution in [0, 0.1) is 20.8 Å². The quantitative estimate of drug-likeness (QED) is 0.210. The van der Waals surface area contributed by atoms with Crippen molar-refractivity contribution in [3.05, 3.63) is 57.9 Å². The van der Waals surface area contributed by atoms with E-state index in [1.165, 1.54) is 50.5 Å². The van der Waals surface area contributed by atoms with E-state index in [2.05, 4.69) is 42.7 Å². The zero-order chi connectivity index (χ0) is 24.2. The number of hydrogen-bond donors (Lipinski definition) is 1. The molecule has 0 spiro atoms. The monoisotopic (exact) mass is 453 g/mol. The first-order valence-electron chi connectivity index (χ1n) is 12.8. The summed E-state index contributed by atoms with van der Waals surface area (Å²) < 4.78 is 2.16. The number of ketones is 1. The van der Waals surface area contributed by atoms with E-state index < -0.39 is 5.97 Å². The van der Waals surface area contributed by atoms with Crippen LogP contribution >= 0.6 is 0 Å². The lowest BCUT2D eigenvalue weighted by Crippen LogP contribution is -2.09. The first-order valence-corrected chi connectivity index (χ1v) is 12.8. The predicted molar refractivity (Wildman–Crippen MR) is 136 cm³/mol. The van der Waals surface area contributed by atoms with Crippen molar-refractivity contribution in [2.24, 2.45) is 0 Å². The van der Waals surface area contributed by atoms with Gasteiger partial charge in [0.15, 0.2) is 5.78 Å². The minimum Gasteiger partial charge on any atom is -0.481 e. The van der Waals surface area contributed by atoms with E-state index in [9.17, 15) is 14.7 Å². The van der Waals surface area contributed by atoms with Crippen LogP contribution < -0.4 is 0 Å². The number of aliphatic carboxylic acids is 1. The number of carbonyl (C=O) groups excluding carboxylic acids is 1. The number of benzene rings is 1. The highest BCUT2D eigenvalue weighted by atomic mass is 16.4. The van der Waals surface area contributed by atoms with Crippen LogP contribution in [-0.4, -0.2) is 21.4 Å². The molecule has 0 saturated heterocycles. The lowest BCUT2D eigenvalue weighted by atomic mass is 9.99. The average Bonchev–Trinajstić information content (AvgIpc) is 3.01. The molecule has 0 unspecified atom stereocenters. The summed E-state index contributed by atoms with van der Waals surface area (Å²) in [4.78, 5) is 24.4. The summed E-state index contributed by atoms with van der Waals surface area (Å²) in [6.07, 6.45) is 12.2. The second kappa shape index (κ2) is 14.0. The Balaban J connectivity index is 2.03. The highest BCUT2D eigenvalue weighted by Crippen LogP contribution is 2.27. The summed E-state index contributed by atoms with van der Waals surface area (Å²) in [5.74, 6) is -0.607. The molecule has 0 fully saturated rings. The topological polar surface area (TPSA) is 59.3 Å². The number of Topliss-reactive ketones (excluding diaryl/α,β-unsaturated/α-hetero) is 1. The van der Waals surface area contributed by atoms with Crippen LogP contribution in [0.1, 0.15) is 116 Å². The third-order valence-electron chi connectivity index (χ3n) is 6.72. The van der Waals surface area contributed by atoms with E-state index in [1.54, 1.807) is 0 Å². The van der Waals surface area contributed by atoms with E-state index in [0.29, 0.717) is 19.4 Å². The van der Waals surface area contributed by atoms with Gasteiger partial charge in [0.25, 0.3) is 0 Å². The van der Waals surface area contributed by atoms with Crippen LogP contribution in [-0.2, 0) is 17.8 Å². The molecule has 0 radical (unpaired) electrons. The van der Waals surface area contributed by atoms with Crippen molar-refractivity contribution in [3.63, 3.8) is 0 Å². The maximum absolute atomic E-state index is 13.2. The predicted octanol–water partition coefficient (Wildman–Crippen LogP) is 7.58. The van der Waals surface area contributed by atoms with Crippen molar-refractivity contribution < 1.29 is 14.7 Å². The molecule has 182 valence electrons. The smallest absolute Gasteiger partial charge is 0.303 e. The third-order valence-corrected chi connectivity index (χ3v) is 6.72. The Morgan fingerprint density at radius 3 is 1.97 bits per heavy atom. The fourth-order valence-electron chi connectivity index (χ4n) is 4.73. The Hall–Kier alpha value is -2.36. The SMILES string of the molecule is CCCCCCCCCCCC(=O)c1c(C)c(CCC(=O)O)n(Cc2ccc(C)cc2)c1C. The number of rotatable bonds is 16. The lowest BCUT2D eigenvalue weighted by Gasteiger charge is -2.12. The molecule has 2 aromatic rings. The van der Waals surface area contributed by atoms with Crippen molar-refractivity contribution in [2.75, 3.05) is 0 Å². The van der Waals surface area contributed by atoms with E-state index >= 15 is 0 Å². The summed E-state index contributed by atoms with van der Waals surface area (Å²) in [6.45, 7) is 8.96. The van der Waals surface area contributed by atoms with E-state index in [-0.39, 0.29) is 12.2 Å². The minimum absolute atomic E-state index is 0.0735. The Morgan fingerprint density at radius 1 is 0.818 bits per heavy atom. The van der Waals surface area contributed by atoms with Crippen LogP contribution in [0.25, 0.3) is 0 Å². The largest absolute Gasteiger partial charge is 0.481 e. The van der Waals surface area contributed by atoms with Crippen LogP contribution in [0.3, 0.4) is 0 Å². The zero-order valence-corrected chi connectivity index (χ0v) is 21.2. The fourth-order valence-corrected chi connectivity index (χ4v) is 4.73. The van der Waals surface area contributed by atoms with Gasteiger partial charge in [-0.1, -0.05) is 88.1 Å². The number of nitrogens with zero attached hydrogens (tertiary/aromatic N) is 1. The molecule has 0 atom stereocenters. The average molecular weight is 454 g/mol. The molecular weight excluding hydrogens is 410 g/mol. The third kappa shape index (κ3) is 8.49. The fraction of sp³-hybridized carbons (Fsp3) is 0.586. The molecule has 2 rings (SSSR count). The van der Waals surface area contributed by atoms with E-state index in [4.69, 9.17) is 0 Å². The number of hydrogen-bond acceptors (Lipinski definition) is 2. The molecule has 1 aromatic heterocycles. The molecule has 1 N–H and O–H groups in total. The van der Waals surface area contributed by atoms with Crippen molar-refractivity contribution >= 4 is 11.8 Å². The van der Waals surface area contributed by atoms with Gasteiger partial charge in [0.05, 0.1) is 6.42 Å². The van der Waals surface area contributed by atoms with Gasteiger partial charge in [-0.2, -0.15) is 0 Å². The van der Waals surface area contributed by atoms with E-state index in [0.717, 1.165) is 40.9 Å². The highest BCUT2D eigenvalue weighted by molar-refractivity contribution is 5.99. The number of carbonyl (C=O) groups is 2. The zero-order valence-electron chi connectivity index (χ0n) is 21.2. The normalized spacial score (nSPS) is 11.2.